The van der Waals surface area contributed by atoms with Gasteiger partial charge in [-0.05, 0) is 25.1 Å². The number of nitrogen functional groups attached to an aromatic ring is 1. The zero-order valence-electron chi connectivity index (χ0n) is 14.4. The summed E-state index contributed by atoms with van der Waals surface area (Å²) in [4.78, 5) is 0. The number of nitrogens with zero attached hydrogens (tertiary/aromatic N) is 2. The van der Waals surface area contributed by atoms with Gasteiger partial charge in [-0.1, -0.05) is 0 Å². The fraction of sp³-hybridized carbons (Fsp3) is 0.235. The SMILES string of the molecule is CN/C=C(F)\C=C(/C)n1nc(N)cc1-c1cc(F)cc(OCC(F)(F)F)c1. The molecule has 27 heavy (non-hydrogen) atoms. The van der Waals surface area contributed by atoms with Crippen molar-refractivity contribution >= 4 is 11.5 Å². The van der Waals surface area contributed by atoms with Crippen LogP contribution in [-0.4, -0.2) is 29.6 Å². The van der Waals surface area contributed by atoms with E-state index in [2.05, 4.69) is 15.2 Å². The van der Waals surface area contributed by atoms with E-state index in [1.807, 2.05) is 0 Å². The van der Waals surface area contributed by atoms with Gasteiger partial charge >= 0.3 is 6.18 Å². The Morgan fingerprint density at radius 3 is 2.63 bits per heavy atom. The van der Waals surface area contributed by atoms with Crippen molar-refractivity contribution in [2.24, 2.45) is 0 Å². The van der Waals surface area contributed by atoms with E-state index in [1.165, 1.54) is 23.9 Å². The van der Waals surface area contributed by atoms with Crippen molar-refractivity contribution in [2.75, 3.05) is 19.4 Å². The van der Waals surface area contributed by atoms with Gasteiger partial charge in [0.05, 0.1) is 5.69 Å². The number of hydrogen-bond acceptors (Lipinski definition) is 4. The Hall–Kier alpha value is -3.04. The third kappa shape index (κ3) is 5.73. The number of alkyl halides is 3. The van der Waals surface area contributed by atoms with E-state index >= 15 is 0 Å². The number of allylic oxidation sites excluding steroid dienone is 3. The molecular weight excluding hydrogens is 371 g/mol. The number of halogens is 5. The predicted molar refractivity (Wildman–Crippen MR) is 91.8 cm³/mol. The molecule has 0 spiro atoms. The summed E-state index contributed by atoms with van der Waals surface area (Å²) in [5.74, 6) is -1.64. The number of nitrogens with one attached hydrogen (secondary N) is 1. The highest BCUT2D eigenvalue weighted by molar-refractivity contribution is 5.69. The zero-order valence-corrected chi connectivity index (χ0v) is 14.4. The van der Waals surface area contributed by atoms with Crippen molar-refractivity contribution in [1.29, 1.82) is 0 Å². The standard InChI is InChI=1S/C17H17F5N4O/c1-10(3-13(19)8-24-2)26-15(7-16(23)25-26)11-4-12(18)6-14(5-11)27-9-17(20,21)22/h3-8,24H,9H2,1-2H3,(H2,23,25)/b10-3+,13-8+. The molecule has 0 aliphatic rings. The Bertz CT molecular complexity index is 871. The van der Waals surface area contributed by atoms with Gasteiger partial charge in [0, 0.05) is 36.6 Å². The van der Waals surface area contributed by atoms with E-state index in [9.17, 15) is 22.0 Å². The van der Waals surface area contributed by atoms with E-state index in [0.29, 0.717) is 5.70 Å². The number of rotatable bonds is 6. The number of benzene rings is 1. The predicted octanol–water partition coefficient (Wildman–Crippen LogP) is 4.10. The van der Waals surface area contributed by atoms with Gasteiger partial charge in [0.25, 0.3) is 0 Å². The summed E-state index contributed by atoms with van der Waals surface area (Å²) in [6, 6.07) is 4.52. The van der Waals surface area contributed by atoms with Crippen molar-refractivity contribution < 1.29 is 26.7 Å². The third-order valence-corrected chi connectivity index (χ3v) is 3.26. The van der Waals surface area contributed by atoms with Gasteiger partial charge in [-0.15, -0.1) is 0 Å². The molecule has 1 aromatic heterocycles. The van der Waals surface area contributed by atoms with E-state index in [4.69, 9.17) is 5.73 Å². The summed E-state index contributed by atoms with van der Waals surface area (Å²) in [5, 5.41) is 6.54. The summed E-state index contributed by atoms with van der Waals surface area (Å²) in [5.41, 5.74) is 6.42. The molecule has 0 unspecified atom stereocenters. The van der Waals surface area contributed by atoms with Crippen LogP contribution in [0.15, 0.2) is 42.4 Å². The zero-order chi connectivity index (χ0) is 20.2. The number of nitrogens with two attached hydrogens (primary N) is 1. The number of anilines is 1. The highest BCUT2D eigenvalue weighted by Crippen LogP contribution is 2.30. The first-order valence-corrected chi connectivity index (χ1v) is 7.66. The van der Waals surface area contributed by atoms with Crippen LogP contribution in [0.1, 0.15) is 6.92 Å². The van der Waals surface area contributed by atoms with Crippen molar-refractivity contribution in [2.45, 2.75) is 13.1 Å². The molecule has 0 amide bonds. The van der Waals surface area contributed by atoms with Crippen LogP contribution in [0.4, 0.5) is 27.8 Å². The first kappa shape index (κ1) is 20.3. The van der Waals surface area contributed by atoms with Crippen molar-refractivity contribution in [3.05, 3.63) is 48.2 Å². The Labute approximate surface area is 151 Å². The Kier molecular flexibility index (Phi) is 6.09. The van der Waals surface area contributed by atoms with Crippen molar-refractivity contribution in [3.63, 3.8) is 0 Å². The summed E-state index contributed by atoms with van der Waals surface area (Å²) < 4.78 is 70.4. The number of hydrogen-bond donors (Lipinski definition) is 2. The van der Waals surface area contributed by atoms with Gasteiger partial charge in [0.1, 0.15) is 23.2 Å². The molecule has 0 aliphatic carbocycles. The highest BCUT2D eigenvalue weighted by Gasteiger charge is 2.28. The lowest BCUT2D eigenvalue weighted by molar-refractivity contribution is -0.153. The lowest BCUT2D eigenvalue weighted by atomic mass is 10.1. The molecule has 0 aliphatic heterocycles. The Morgan fingerprint density at radius 2 is 2.00 bits per heavy atom. The first-order valence-electron chi connectivity index (χ1n) is 7.66. The van der Waals surface area contributed by atoms with Gasteiger partial charge in [0.2, 0.25) is 0 Å². The molecule has 3 N–H and O–H groups in total. The average Bonchev–Trinajstić information content (AvgIpc) is 2.94. The molecule has 0 bridgehead atoms. The van der Waals surface area contributed by atoms with Crippen LogP contribution in [0.2, 0.25) is 0 Å². The van der Waals surface area contributed by atoms with Crippen molar-refractivity contribution in [3.8, 4) is 17.0 Å². The topological polar surface area (TPSA) is 65.1 Å². The first-order chi connectivity index (χ1) is 12.6. The maximum atomic E-state index is 13.9. The molecule has 10 heteroatoms. The molecular formula is C17H17F5N4O. The van der Waals surface area contributed by atoms with Crippen LogP contribution in [0, 0.1) is 5.82 Å². The molecule has 0 radical (unpaired) electrons. The molecule has 0 fully saturated rings. The maximum absolute atomic E-state index is 13.9. The summed E-state index contributed by atoms with van der Waals surface area (Å²) in [7, 11) is 1.52. The van der Waals surface area contributed by atoms with Crippen LogP contribution in [0.3, 0.4) is 0 Å². The Morgan fingerprint density at radius 1 is 1.30 bits per heavy atom. The largest absolute Gasteiger partial charge is 0.484 e. The second-order valence-corrected chi connectivity index (χ2v) is 5.55. The third-order valence-electron chi connectivity index (χ3n) is 3.26. The van der Waals surface area contributed by atoms with Crippen LogP contribution in [0.5, 0.6) is 5.75 Å². The van der Waals surface area contributed by atoms with Gasteiger partial charge in [-0.3, -0.25) is 0 Å². The normalized spacial score (nSPS) is 13.0. The molecule has 0 saturated heterocycles. The minimum Gasteiger partial charge on any atom is -0.484 e. The van der Waals surface area contributed by atoms with Crippen LogP contribution in [-0.2, 0) is 0 Å². The molecule has 1 aromatic carbocycles. The van der Waals surface area contributed by atoms with E-state index in [0.717, 1.165) is 24.4 Å². The molecule has 0 atom stereocenters. The minimum absolute atomic E-state index is 0.0674. The molecule has 0 saturated carbocycles. The van der Waals surface area contributed by atoms with Gasteiger partial charge in [0.15, 0.2) is 6.61 Å². The average molecular weight is 388 g/mol. The fourth-order valence-corrected chi connectivity index (χ4v) is 2.27. The van der Waals surface area contributed by atoms with Crippen LogP contribution in [0.25, 0.3) is 17.0 Å². The minimum atomic E-state index is -4.56. The Balaban J connectivity index is 2.44. The smallest absolute Gasteiger partial charge is 0.422 e. The second kappa shape index (κ2) is 8.11. The van der Waals surface area contributed by atoms with E-state index in [-0.39, 0.29) is 22.8 Å². The summed E-state index contributed by atoms with van der Waals surface area (Å²) in [6.07, 6.45) is -2.29. The lowest BCUT2D eigenvalue weighted by Crippen LogP contribution is -2.19. The quantitative estimate of drug-likeness (QED) is 0.578. The number of ether oxygens (including phenoxy) is 1. The van der Waals surface area contributed by atoms with E-state index in [1.54, 1.807) is 6.92 Å². The molecule has 5 nitrogen and oxygen atoms in total. The second-order valence-electron chi connectivity index (χ2n) is 5.55. The van der Waals surface area contributed by atoms with Crippen LogP contribution < -0.4 is 15.8 Å². The van der Waals surface area contributed by atoms with Gasteiger partial charge in [-0.25, -0.2) is 13.5 Å². The summed E-state index contributed by atoms with van der Waals surface area (Å²) >= 11 is 0. The molecule has 2 rings (SSSR count). The van der Waals surface area contributed by atoms with E-state index < -0.39 is 24.4 Å². The fourth-order valence-electron chi connectivity index (χ4n) is 2.27. The van der Waals surface area contributed by atoms with Gasteiger partial charge in [-0.2, -0.15) is 18.3 Å². The maximum Gasteiger partial charge on any atom is 0.422 e. The highest BCUT2D eigenvalue weighted by atomic mass is 19.4. The van der Waals surface area contributed by atoms with Gasteiger partial charge < -0.3 is 15.8 Å². The molecule has 1 heterocycles. The molecule has 146 valence electrons. The summed E-state index contributed by atoms with van der Waals surface area (Å²) in [6.45, 7) is -0.0182. The van der Waals surface area contributed by atoms with Crippen LogP contribution >= 0.6 is 0 Å². The monoisotopic (exact) mass is 388 g/mol. The molecule has 2 aromatic rings. The lowest BCUT2D eigenvalue weighted by Gasteiger charge is -2.12. The van der Waals surface area contributed by atoms with Crippen molar-refractivity contribution in [1.82, 2.24) is 15.1 Å². The number of aromatic nitrogens is 2.